The maximum absolute atomic E-state index is 12.7. The maximum atomic E-state index is 12.7. The highest BCUT2D eigenvalue weighted by Gasteiger charge is 2.27. The van der Waals surface area contributed by atoms with E-state index in [0.29, 0.717) is 37.2 Å². The maximum Gasteiger partial charge on any atom is 0.242 e. The molecule has 0 aromatic heterocycles. The minimum atomic E-state index is -3.66. The molecule has 2 aromatic rings. The largest absolute Gasteiger partial charge is 0.508 e. The molecule has 1 aliphatic heterocycles. The van der Waals surface area contributed by atoms with Gasteiger partial charge in [-0.3, -0.25) is 14.5 Å². The van der Waals surface area contributed by atoms with E-state index in [1.54, 1.807) is 12.1 Å². The number of carbonyl (C=O) groups is 2. The molecule has 1 saturated heterocycles. The highest BCUT2D eigenvalue weighted by Crippen LogP contribution is 2.29. The van der Waals surface area contributed by atoms with Crippen molar-refractivity contribution in [1.29, 1.82) is 0 Å². The summed E-state index contributed by atoms with van der Waals surface area (Å²) in [6.45, 7) is 1.30. The minimum absolute atomic E-state index is 0.0442. The van der Waals surface area contributed by atoms with E-state index in [2.05, 4.69) is 5.32 Å². The summed E-state index contributed by atoms with van der Waals surface area (Å²) in [5.41, 5.74) is 0.853. The van der Waals surface area contributed by atoms with Crippen LogP contribution in [0.1, 0.15) is 23.2 Å². The van der Waals surface area contributed by atoms with Crippen molar-refractivity contribution in [2.45, 2.75) is 17.7 Å². The summed E-state index contributed by atoms with van der Waals surface area (Å²) < 4.78 is 31.2. The third-order valence-corrected chi connectivity index (χ3v) is 7.51. The number of aromatic hydroxyl groups is 1. The first-order valence-electron chi connectivity index (χ1n) is 10.6. The van der Waals surface area contributed by atoms with Crippen molar-refractivity contribution in [2.24, 2.45) is 5.92 Å². The number of phenols is 1. The van der Waals surface area contributed by atoms with E-state index in [9.17, 15) is 23.1 Å². The molecule has 178 valence electrons. The Bertz CT molecular complexity index is 1110. The number of hydrogen-bond acceptors (Lipinski definition) is 7. The Hall–Kier alpha value is -2.95. The number of anilines is 1. The van der Waals surface area contributed by atoms with Crippen LogP contribution in [-0.2, 0) is 14.8 Å². The number of carbonyl (C=O) groups excluding carboxylic acids is 2. The molecular formula is C23H29N3O6S. The molecule has 1 heterocycles. The van der Waals surface area contributed by atoms with Crippen molar-refractivity contribution in [3.8, 4) is 11.5 Å². The van der Waals surface area contributed by atoms with E-state index in [0.717, 1.165) is 4.31 Å². The van der Waals surface area contributed by atoms with Gasteiger partial charge in [-0.2, -0.15) is 0 Å². The Kier molecular flexibility index (Phi) is 7.72. The van der Waals surface area contributed by atoms with Gasteiger partial charge in [-0.05, 0) is 68.4 Å². The molecule has 2 N–H and O–H groups in total. The Morgan fingerprint density at radius 1 is 1.12 bits per heavy atom. The second kappa shape index (κ2) is 10.3. The summed E-state index contributed by atoms with van der Waals surface area (Å²) in [5, 5.41) is 12.1. The molecule has 10 heteroatoms. The number of sulfonamides is 1. The molecule has 1 aliphatic rings. The lowest BCUT2D eigenvalue weighted by Gasteiger charge is -2.30. The van der Waals surface area contributed by atoms with Crippen LogP contribution in [-0.4, -0.2) is 75.3 Å². The number of phenolic OH excluding ortho intramolecular Hbond substituents is 1. The lowest BCUT2D eigenvalue weighted by atomic mass is 9.89. The van der Waals surface area contributed by atoms with E-state index < -0.39 is 10.0 Å². The highest BCUT2D eigenvalue weighted by molar-refractivity contribution is 7.89. The van der Waals surface area contributed by atoms with Crippen LogP contribution in [0, 0.1) is 5.92 Å². The monoisotopic (exact) mass is 475 g/mol. The number of nitrogens with zero attached hydrogens (tertiary/aromatic N) is 2. The topological polar surface area (TPSA) is 116 Å². The van der Waals surface area contributed by atoms with E-state index >= 15 is 0 Å². The van der Waals surface area contributed by atoms with E-state index in [4.69, 9.17) is 4.74 Å². The lowest BCUT2D eigenvalue weighted by Crippen LogP contribution is -2.40. The first-order valence-corrected chi connectivity index (χ1v) is 12.0. The summed E-state index contributed by atoms with van der Waals surface area (Å²) >= 11 is 0. The number of ether oxygens (including phenoxy) is 1. The van der Waals surface area contributed by atoms with Gasteiger partial charge in [0.15, 0.2) is 5.78 Å². The van der Waals surface area contributed by atoms with Crippen LogP contribution in [0.5, 0.6) is 11.5 Å². The Morgan fingerprint density at radius 2 is 1.76 bits per heavy atom. The third-order valence-electron chi connectivity index (χ3n) is 5.70. The van der Waals surface area contributed by atoms with E-state index in [-0.39, 0.29) is 40.5 Å². The fraction of sp³-hybridized carbons (Fsp3) is 0.391. The van der Waals surface area contributed by atoms with Gasteiger partial charge in [-0.25, -0.2) is 12.7 Å². The zero-order chi connectivity index (χ0) is 24.2. The fourth-order valence-corrected chi connectivity index (χ4v) is 4.69. The summed E-state index contributed by atoms with van der Waals surface area (Å²) in [4.78, 5) is 27.3. The van der Waals surface area contributed by atoms with Crippen LogP contribution in [0.25, 0.3) is 0 Å². The molecule has 1 fully saturated rings. The number of nitrogens with one attached hydrogen (secondary N) is 1. The van der Waals surface area contributed by atoms with Gasteiger partial charge in [0.1, 0.15) is 11.5 Å². The van der Waals surface area contributed by atoms with Crippen molar-refractivity contribution < 1.29 is 27.9 Å². The standard InChI is InChI=1S/C23H29N3O6S/c1-25(2)33(30,31)19-8-9-21(32-3)20(14-19)24-22(28)15-26-12-10-17(11-13-26)23(29)16-4-6-18(27)7-5-16/h4-9,14,17,27H,10-13,15H2,1-3H3,(H,24,28). The van der Waals surface area contributed by atoms with Crippen LogP contribution in [0.4, 0.5) is 5.69 Å². The molecule has 0 spiro atoms. The number of amides is 1. The van der Waals surface area contributed by atoms with Gasteiger partial charge in [-0.15, -0.1) is 0 Å². The van der Waals surface area contributed by atoms with Gasteiger partial charge in [0, 0.05) is 25.6 Å². The van der Waals surface area contributed by atoms with Crippen LogP contribution >= 0.6 is 0 Å². The second-order valence-corrected chi connectivity index (χ2v) is 10.3. The lowest BCUT2D eigenvalue weighted by molar-refractivity contribution is -0.117. The summed E-state index contributed by atoms with van der Waals surface area (Å²) in [5.74, 6) is 0.105. The summed E-state index contributed by atoms with van der Waals surface area (Å²) in [6, 6.07) is 10.6. The van der Waals surface area contributed by atoms with Crippen LogP contribution < -0.4 is 10.1 Å². The van der Waals surface area contributed by atoms with Crippen molar-refractivity contribution in [3.05, 3.63) is 48.0 Å². The molecule has 0 radical (unpaired) electrons. The van der Waals surface area contributed by atoms with Gasteiger partial charge in [0.05, 0.1) is 24.2 Å². The molecule has 0 saturated carbocycles. The molecule has 1 amide bonds. The second-order valence-electron chi connectivity index (χ2n) is 8.16. The minimum Gasteiger partial charge on any atom is -0.508 e. The number of rotatable bonds is 8. The predicted octanol–water partition coefficient (Wildman–Crippen LogP) is 2.18. The zero-order valence-corrected chi connectivity index (χ0v) is 19.8. The fourth-order valence-electron chi connectivity index (χ4n) is 3.76. The smallest absolute Gasteiger partial charge is 0.242 e. The van der Waals surface area contributed by atoms with E-state index in [1.165, 1.54) is 51.5 Å². The van der Waals surface area contributed by atoms with E-state index in [1.807, 2.05) is 4.90 Å². The number of likely N-dealkylation sites (tertiary alicyclic amines) is 1. The Labute approximate surface area is 194 Å². The van der Waals surface area contributed by atoms with Gasteiger partial charge >= 0.3 is 0 Å². The Balaban J connectivity index is 1.59. The quantitative estimate of drug-likeness (QED) is 0.562. The summed E-state index contributed by atoms with van der Waals surface area (Å²) in [6.07, 6.45) is 1.26. The Morgan fingerprint density at radius 3 is 2.33 bits per heavy atom. The zero-order valence-electron chi connectivity index (χ0n) is 18.9. The van der Waals surface area contributed by atoms with Crippen molar-refractivity contribution >= 4 is 27.4 Å². The summed E-state index contributed by atoms with van der Waals surface area (Å²) in [7, 11) is 0.665. The van der Waals surface area contributed by atoms with Gasteiger partial charge in [0.25, 0.3) is 0 Å². The van der Waals surface area contributed by atoms with Crippen molar-refractivity contribution in [3.63, 3.8) is 0 Å². The highest BCUT2D eigenvalue weighted by atomic mass is 32.2. The van der Waals surface area contributed by atoms with Crippen molar-refractivity contribution in [2.75, 3.05) is 46.2 Å². The predicted molar refractivity (Wildman–Crippen MR) is 124 cm³/mol. The van der Waals surface area contributed by atoms with Crippen LogP contribution in [0.3, 0.4) is 0 Å². The molecule has 3 rings (SSSR count). The first kappa shape index (κ1) is 24.7. The normalized spacial score (nSPS) is 15.4. The van der Waals surface area contributed by atoms with Crippen LogP contribution in [0.15, 0.2) is 47.4 Å². The number of benzene rings is 2. The number of Topliss-reactive ketones (excluding diaryl/α,β-unsaturated/α-hetero) is 1. The molecule has 2 aromatic carbocycles. The third kappa shape index (κ3) is 5.89. The van der Waals surface area contributed by atoms with Gasteiger partial charge in [-0.1, -0.05) is 0 Å². The first-order chi connectivity index (χ1) is 15.6. The molecular weight excluding hydrogens is 446 g/mol. The SMILES string of the molecule is COc1ccc(S(=O)(=O)N(C)C)cc1NC(=O)CN1CCC(C(=O)c2ccc(O)cc2)CC1. The number of ketones is 1. The number of methoxy groups -OCH3 is 1. The molecule has 0 aliphatic carbocycles. The average Bonchev–Trinajstić information content (AvgIpc) is 2.79. The molecule has 0 unspecified atom stereocenters. The van der Waals surface area contributed by atoms with Gasteiger partial charge in [0.2, 0.25) is 15.9 Å². The molecule has 0 bridgehead atoms. The molecule has 0 atom stereocenters. The van der Waals surface area contributed by atoms with Crippen molar-refractivity contribution in [1.82, 2.24) is 9.21 Å². The molecule has 9 nitrogen and oxygen atoms in total. The number of hydrogen-bond donors (Lipinski definition) is 2. The molecule has 33 heavy (non-hydrogen) atoms. The van der Waals surface area contributed by atoms with Crippen LogP contribution in [0.2, 0.25) is 0 Å². The average molecular weight is 476 g/mol. The van der Waals surface area contributed by atoms with Gasteiger partial charge < -0.3 is 15.2 Å². The number of piperidine rings is 1.